The van der Waals surface area contributed by atoms with Crippen LogP contribution >= 0.6 is 11.3 Å². The number of amides is 1. The van der Waals surface area contributed by atoms with Gasteiger partial charge in [0, 0.05) is 41.4 Å². The van der Waals surface area contributed by atoms with Crippen LogP contribution in [-0.4, -0.2) is 24.0 Å². The van der Waals surface area contributed by atoms with Crippen molar-refractivity contribution in [2.24, 2.45) is 0 Å². The van der Waals surface area contributed by atoms with Gasteiger partial charge in [-0.3, -0.25) is 9.78 Å². The maximum atomic E-state index is 12.3. The molecule has 1 aliphatic carbocycles. The fourth-order valence-corrected chi connectivity index (χ4v) is 3.95. The number of hydrogen-bond acceptors (Lipinski definition) is 4. The lowest BCUT2D eigenvalue weighted by atomic mass is 9.96. The number of carbonyl (C=O) groups is 1. The third kappa shape index (κ3) is 3.30. The summed E-state index contributed by atoms with van der Waals surface area (Å²) in [5.74, 6) is 0.0626. The predicted molar refractivity (Wildman–Crippen MR) is 90.8 cm³/mol. The van der Waals surface area contributed by atoms with Crippen LogP contribution in [0.1, 0.15) is 39.2 Å². The first-order chi connectivity index (χ1) is 10.8. The third-order valence-electron chi connectivity index (χ3n) is 4.05. The Balaban J connectivity index is 1.51. The van der Waals surface area contributed by atoms with Gasteiger partial charge in [-0.25, -0.2) is 0 Å². The van der Waals surface area contributed by atoms with Crippen LogP contribution in [0.25, 0.3) is 0 Å². The summed E-state index contributed by atoms with van der Waals surface area (Å²) in [6, 6.07) is 1.95. The number of nitrogens with zero attached hydrogens (tertiary/aromatic N) is 1. The number of aryl methyl sites for hydroxylation is 2. The van der Waals surface area contributed by atoms with Crippen LogP contribution in [0.4, 0.5) is 5.69 Å². The Labute approximate surface area is 135 Å². The fourth-order valence-electron chi connectivity index (χ4n) is 2.82. The third-order valence-corrected chi connectivity index (χ3v) is 5.14. The van der Waals surface area contributed by atoms with E-state index >= 15 is 0 Å². The molecule has 0 radical (unpaired) electrons. The lowest BCUT2D eigenvalue weighted by Crippen LogP contribution is -2.29. The van der Waals surface area contributed by atoms with E-state index in [1.165, 1.54) is 23.3 Å². The normalized spacial score (nSPS) is 13.5. The van der Waals surface area contributed by atoms with Crippen molar-refractivity contribution < 1.29 is 4.79 Å². The van der Waals surface area contributed by atoms with Crippen molar-refractivity contribution >= 4 is 22.9 Å². The summed E-state index contributed by atoms with van der Waals surface area (Å²) in [5.41, 5.74) is 4.35. The molecular weight excluding hydrogens is 294 g/mol. The molecule has 3 rings (SSSR count). The number of anilines is 1. The summed E-state index contributed by atoms with van der Waals surface area (Å²) >= 11 is 1.73. The summed E-state index contributed by atoms with van der Waals surface area (Å²) in [6.45, 7) is 3.35. The molecule has 0 spiro atoms. The van der Waals surface area contributed by atoms with Crippen molar-refractivity contribution in [3.63, 3.8) is 0 Å². The lowest BCUT2D eigenvalue weighted by Gasteiger charge is -2.13. The molecular formula is C17H21N3OS. The van der Waals surface area contributed by atoms with Crippen LogP contribution in [0.5, 0.6) is 0 Å². The first-order valence-electron chi connectivity index (χ1n) is 7.77. The molecule has 0 atom stereocenters. The summed E-state index contributed by atoms with van der Waals surface area (Å²) in [4.78, 5) is 17.8. The average Bonchev–Trinajstić information content (AvgIpc) is 2.97. The Bertz CT molecular complexity index is 666. The Kier molecular flexibility index (Phi) is 4.73. The quantitative estimate of drug-likeness (QED) is 0.833. The second-order valence-electron chi connectivity index (χ2n) is 5.63. The van der Waals surface area contributed by atoms with Gasteiger partial charge in [-0.2, -0.15) is 0 Å². The molecule has 0 fully saturated rings. The summed E-state index contributed by atoms with van der Waals surface area (Å²) in [7, 11) is 0. The molecule has 0 bridgehead atoms. The largest absolute Gasteiger partial charge is 0.383 e. The van der Waals surface area contributed by atoms with Crippen LogP contribution in [0, 0.1) is 6.92 Å². The number of hydrogen-bond donors (Lipinski definition) is 2. The van der Waals surface area contributed by atoms with Crippen molar-refractivity contribution in [1.82, 2.24) is 10.3 Å². The first-order valence-corrected chi connectivity index (χ1v) is 8.65. The summed E-state index contributed by atoms with van der Waals surface area (Å²) < 4.78 is 0. The van der Waals surface area contributed by atoms with Crippen molar-refractivity contribution in [3.05, 3.63) is 45.4 Å². The van der Waals surface area contributed by atoms with Crippen LogP contribution in [0.2, 0.25) is 0 Å². The molecule has 0 aliphatic heterocycles. The number of carbonyl (C=O) groups excluding carboxylic acids is 1. The minimum atomic E-state index is 0.0626. The van der Waals surface area contributed by atoms with E-state index in [1.807, 2.05) is 24.6 Å². The minimum absolute atomic E-state index is 0.0626. The van der Waals surface area contributed by atoms with E-state index in [1.54, 1.807) is 17.5 Å². The van der Waals surface area contributed by atoms with E-state index in [0.717, 1.165) is 29.7 Å². The molecule has 0 unspecified atom stereocenters. The van der Waals surface area contributed by atoms with Crippen LogP contribution in [0.3, 0.4) is 0 Å². The predicted octanol–water partition coefficient (Wildman–Crippen LogP) is 3.17. The smallest absolute Gasteiger partial charge is 0.252 e. The lowest BCUT2D eigenvalue weighted by molar-refractivity contribution is 0.0954. The van der Waals surface area contributed by atoms with Crippen LogP contribution in [-0.2, 0) is 12.8 Å². The molecule has 0 saturated heterocycles. The Morgan fingerprint density at radius 2 is 2.18 bits per heavy atom. The monoisotopic (exact) mass is 315 g/mol. The zero-order chi connectivity index (χ0) is 15.4. The van der Waals surface area contributed by atoms with Gasteiger partial charge in [-0.1, -0.05) is 0 Å². The van der Waals surface area contributed by atoms with Gasteiger partial charge in [0.1, 0.15) is 0 Å². The van der Waals surface area contributed by atoms with Crippen molar-refractivity contribution in [2.75, 3.05) is 18.4 Å². The number of pyridine rings is 1. The molecule has 2 aromatic rings. The minimum Gasteiger partial charge on any atom is -0.383 e. The highest BCUT2D eigenvalue weighted by molar-refractivity contribution is 7.10. The van der Waals surface area contributed by atoms with Gasteiger partial charge in [0.25, 0.3) is 5.91 Å². The van der Waals surface area contributed by atoms with Gasteiger partial charge in [-0.05, 0) is 49.8 Å². The molecule has 4 nitrogen and oxygen atoms in total. The highest BCUT2D eigenvalue weighted by Gasteiger charge is 2.19. The highest BCUT2D eigenvalue weighted by Crippen LogP contribution is 2.30. The van der Waals surface area contributed by atoms with E-state index in [4.69, 9.17) is 0 Å². The van der Waals surface area contributed by atoms with Gasteiger partial charge in [0.2, 0.25) is 0 Å². The fraction of sp³-hybridized carbons (Fsp3) is 0.412. The Morgan fingerprint density at radius 1 is 1.32 bits per heavy atom. The SMILES string of the molecule is Cc1cnccc1NCCNC(=O)c1csc2c1CCCC2. The Hall–Kier alpha value is -1.88. The molecule has 22 heavy (non-hydrogen) atoms. The topological polar surface area (TPSA) is 54.0 Å². The second kappa shape index (κ2) is 6.92. The van der Waals surface area contributed by atoms with Gasteiger partial charge in [0.05, 0.1) is 5.56 Å². The molecule has 116 valence electrons. The molecule has 2 heterocycles. The maximum Gasteiger partial charge on any atom is 0.252 e. The number of thiophene rings is 1. The van der Waals surface area contributed by atoms with E-state index in [2.05, 4.69) is 15.6 Å². The first kappa shape index (κ1) is 15.0. The van der Waals surface area contributed by atoms with Gasteiger partial charge < -0.3 is 10.6 Å². The number of rotatable bonds is 5. The van der Waals surface area contributed by atoms with Gasteiger partial charge in [0.15, 0.2) is 0 Å². The Morgan fingerprint density at radius 3 is 3.05 bits per heavy atom. The maximum absolute atomic E-state index is 12.3. The highest BCUT2D eigenvalue weighted by atomic mass is 32.1. The number of aromatic nitrogens is 1. The van der Waals surface area contributed by atoms with E-state index in [0.29, 0.717) is 13.1 Å². The molecule has 1 amide bonds. The van der Waals surface area contributed by atoms with E-state index in [-0.39, 0.29) is 5.91 Å². The van der Waals surface area contributed by atoms with E-state index < -0.39 is 0 Å². The van der Waals surface area contributed by atoms with E-state index in [9.17, 15) is 4.79 Å². The molecule has 1 aliphatic rings. The second-order valence-corrected chi connectivity index (χ2v) is 6.60. The zero-order valence-electron chi connectivity index (χ0n) is 12.8. The summed E-state index contributed by atoms with van der Waals surface area (Å²) in [5, 5.41) is 8.36. The molecule has 2 N–H and O–H groups in total. The van der Waals surface area contributed by atoms with Crippen molar-refractivity contribution in [2.45, 2.75) is 32.6 Å². The van der Waals surface area contributed by atoms with Crippen molar-refractivity contribution in [1.29, 1.82) is 0 Å². The van der Waals surface area contributed by atoms with Gasteiger partial charge in [-0.15, -0.1) is 11.3 Å². The number of nitrogens with one attached hydrogen (secondary N) is 2. The number of fused-ring (bicyclic) bond motifs is 1. The molecule has 0 saturated carbocycles. The molecule has 2 aromatic heterocycles. The summed E-state index contributed by atoms with van der Waals surface area (Å²) in [6.07, 6.45) is 8.24. The average molecular weight is 315 g/mol. The van der Waals surface area contributed by atoms with Crippen LogP contribution < -0.4 is 10.6 Å². The van der Waals surface area contributed by atoms with Crippen LogP contribution in [0.15, 0.2) is 23.8 Å². The standard InChI is InChI=1S/C17H21N3OS/c1-12-10-18-7-6-15(12)19-8-9-20-17(21)14-11-22-16-5-3-2-4-13(14)16/h6-7,10-11H,2-5,8-9H2,1H3,(H,18,19)(H,20,21). The van der Waals surface area contributed by atoms with Gasteiger partial charge >= 0.3 is 0 Å². The zero-order valence-corrected chi connectivity index (χ0v) is 13.6. The molecule has 0 aromatic carbocycles. The van der Waals surface area contributed by atoms with Crippen molar-refractivity contribution in [3.8, 4) is 0 Å². The molecule has 5 heteroatoms.